The van der Waals surface area contributed by atoms with E-state index >= 15 is 0 Å². The van der Waals surface area contributed by atoms with Crippen molar-refractivity contribution in [2.24, 2.45) is 0 Å². The van der Waals surface area contributed by atoms with Gasteiger partial charge in [-0.05, 0) is 6.07 Å². The normalized spacial score (nSPS) is 10.1. The van der Waals surface area contributed by atoms with E-state index in [1.807, 2.05) is 0 Å². The number of benzene rings is 1. The number of nitrogen functional groups attached to an aromatic ring is 1. The second kappa shape index (κ2) is 5.26. The van der Waals surface area contributed by atoms with Gasteiger partial charge in [0.05, 0.1) is 11.1 Å². The van der Waals surface area contributed by atoms with Crippen LogP contribution in [0.4, 0.5) is 11.5 Å². The molecule has 0 saturated heterocycles. The number of anilines is 1. The van der Waals surface area contributed by atoms with Gasteiger partial charge < -0.3 is 0 Å². The molecule has 0 amide bonds. The maximum atomic E-state index is 12.0. The van der Waals surface area contributed by atoms with Crippen LogP contribution < -0.4 is 10.3 Å². The van der Waals surface area contributed by atoms with Gasteiger partial charge in [0.2, 0.25) is 5.78 Å². The first-order valence-corrected chi connectivity index (χ1v) is 5.59. The topological polar surface area (TPSA) is 90.1 Å². The SMILES string of the molecule is Nc1cccc[n+]1CC(=O)c1cccc([N+](=O)[O-])c1. The summed E-state index contributed by atoms with van der Waals surface area (Å²) in [6, 6.07) is 10.9. The highest BCUT2D eigenvalue weighted by molar-refractivity contribution is 5.95. The van der Waals surface area contributed by atoms with Crippen LogP contribution in [0.3, 0.4) is 0 Å². The van der Waals surface area contributed by atoms with E-state index in [1.54, 1.807) is 35.0 Å². The van der Waals surface area contributed by atoms with E-state index in [0.29, 0.717) is 11.4 Å². The number of hydrogen-bond acceptors (Lipinski definition) is 4. The number of aromatic nitrogens is 1. The van der Waals surface area contributed by atoms with E-state index < -0.39 is 4.92 Å². The third-order valence-electron chi connectivity index (χ3n) is 2.67. The monoisotopic (exact) mass is 258 g/mol. The Labute approximate surface area is 109 Å². The fourth-order valence-corrected chi connectivity index (χ4v) is 1.67. The number of carbonyl (C=O) groups is 1. The first kappa shape index (κ1) is 12.7. The van der Waals surface area contributed by atoms with Gasteiger partial charge in [0.25, 0.3) is 11.5 Å². The molecule has 1 aromatic heterocycles. The molecule has 0 fully saturated rings. The molecule has 1 aromatic carbocycles. The van der Waals surface area contributed by atoms with Crippen LogP contribution in [0.15, 0.2) is 48.7 Å². The van der Waals surface area contributed by atoms with E-state index in [4.69, 9.17) is 5.73 Å². The number of nitro groups is 1. The Hall–Kier alpha value is -2.76. The molecule has 2 aromatic rings. The third-order valence-corrected chi connectivity index (χ3v) is 2.67. The number of pyridine rings is 1. The molecule has 0 radical (unpaired) electrons. The lowest BCUT2D eigenvalue weighted by molar-refractivity contribution is -0.668. The first-order valence-electron chi connectivity index (χ1n) is 5.59. The summed E-state index contributed by atoms with van der Waals surface area (Å²) >= 11 is 0. The van der Waals surface area contributed by atoms with Crippen molar-refractivity contribution in [3.05, 3.63) is 64.3 Å². The van der Waals surface area contributed by atoms with Crippen molar-refractivity contribution in [2.75, 3.05) is 5.73 Å². The fraction of sp³-hybridized carbons (Fsp3) is 0.0769. The minimum Gasteiger partial charge on any atom is -0.290 e. The molecule has 0 bridgehead atoms. The van der Waals surface area contributed by atoms with Crippen molar-refractivity contribution in [1.82, 2.24) is 0 Å². The third kappa shape index (κ3) is 2.92. The van der Waals surface area contributed by atoms with Crippen molar-refractivity contribution < 1.29 is 14.3 Å². The zero-order chi connectivity index (χ0) is 13.8. The molecular formula is C13H12N3O3+. The average Bonchev–Trinajstić information content (AvgIpc) is 2.41. The Morgan fingerprint density at radius 3 is 2.74 bits per heavy atom. The van der Waals surface area contributed by atoms with Crippen LogP contribution in [-0.2, 0) is 6.54 Å². The molecule has 1 heterocycles. The lowest BCUT2D eigenvalue weighted by Crippen LogP contribution is -2.40. The van der Waals surface area contributed by atoms with Gasteiger partial charge in [-0.3, -0.25) is 20.6 Å². The molecule has 6 nitrogen and oxygen atoms in total. The molecule has 0 atom stereocenters. The van der Waals surface area contributed by atoms with Crippen LogP contribution in [0.25, 0.3) is 0 Å². The van der Waals surface area contributed by atoms with Crippen LogP contribution in [0.5, 0.6) is 0 Å². The molecule has 0 unspecified atom stereocenters. The zero-order valence-electron chi connectivity index (χ0n) is 10.0. The molecular weight excluding hydrogens is 246 g/mol. The molecule has 6 heteroatoms. The van der Waals surface area contributed by atoms with E-state index in [2.05, 4.69) is 0 Å². The van der Waals surface area contributed by atoms with E-state index in [-0.39, 0.29) is 18.0 Å². The van der Waals surface area contributed by atoms with Gasteiger partial charge in [-0.25, -0.2) is 4.57 Å². The lowest BCUT2D eigenvalue weighted by Gasteiger charge is -2.02. The highest BCUT2D eigenvalue weighted by atomic mass is 16.6. The lowest BCUT2D eigenvalue weighted by atomic mass is 10.1. The Balaban J connectivity index is 2.23. The average molecular weight is 258 g/mol. The summed E-state index contributed by atoms with van der Waals surface area (Å²) in [6.07, 6.45) is 1.69. The molecule has 0 aliphatic carbocycles. The largest absolute Gasteiger partial charge is 0.290 e. The second-order valence-corrected chi connectivity index (χ2v) is 3.98. The smallest absolute Gasteiger partial charge is 0.272 e. The summed E-state index contributed by atoms with van der Waals surface area (Å²) in [4.78, 5) is 22.2. The summed E-state index contributed by atoms with van der Waals surface area (Å²) in [5, 5.41) is 10.7. The van der Waals surface area contributed by atoms with Crippen LogP contribution in [0.2, 0.25) is 0 Å². The van der Waals surface area contributed by atoms with Crippen LogP contribution in [0, 0.1) is 10.1 Å². The van der Waals surface area contributed by atoms with E-state index in [0.717, 1.165) is 0 Å². The van der Waals surface area contributed by atoms with Gasteiger partial charge in [-0.1, -0.05) is 18.2 Å². The van der Waals surface area contributed by atoms with Gasteiger partial charge in [0, 0.05) is 23.8 Å². The highest BCUT2D eigenvalue weighted by Crippen LogP contribution is 2.13. The van der Waals surface area contributed by atoms with Gasteiger partial charge in [0.1, 0.15) is 0 Å². The quantitative estimate of drug-likeness (QED) is 0.388. The van der Waals surface area contributed by atoms with Crippen molar-refractivity contribution in [2.45, 2.75) is 6.54 Å². The van der Waals surface area contributed by atoms with E-state index in [9.17, 15) is 14.9 Å². The Morgan fingerprint density at radius 1 is 1.26 bits per heavy atom. The number of nitro benzene ring substituents is 1. The van der Waals surface area contributed by atoms with Gasteiger partial charge in [0.15, 0.2) is 6.54 Å². The van der Waals surface area contributed by atoms with Gasteiger partial charge >= 0.3 is 0 Å². The summed E-state index contributed by atoms with van der Waals surface area (Å²) in [5.41, 5.74) is 5.92. The highest BCUT2D eigenvalue weighted by Gasteiger charge is 2.14. The minimum absolute atomic E-state index is 0.0494. The second-order valence-electron chi connectivity index (χ2n) is 3.98. The molecule has 19 heavy (non-hydrogen) atoms. The number of ketones is 1. The maximum Gasteiger partial charge on any atom is 0.272 e. The predicted octanol–water partition coefficient (Wildman–Crippen LogP) is 1.35. The van der Waals surface area contributed by atoms with Crippen LogP contribution in [0.1, 0.15) is 10.4 Å². The Kier molecular flexibility index (Phi) is 3.51. The van der Waals surface area contributed by atoms with Crippen molar-refractivity contribution in [1.29, 1.82) is 0 Å². The summed E-state index contributed by atoms with van der Waals surface area (Å²) in [7, 11) is 0. The number of nitrogens with two attached hydrogens (primary N) is 1. The molecule has 0 aliphatic heterocycles. The number of hydrogen-bond donors (Lipinski definition) is 1. The molecule has 2 rings (SSSR count). The van der Waals surface area contributed by atoms with Crippen LogP contribution >= 0.6 is 0 Å². The number of Topliss-reactive ketones (excluding diaryl/α,β-unsaturated/α-hetero) is 1. The van der Waals surface area contributed by atoms with Crippen molar-refractivity contribution >= 4 is 17.3 Å². The molecule has 0 spiro atoms. The molecule has 0 saturated carbocycles. The Morgan fingerprint density at radius 2 is 2.05 bits per heavy atom. The van der Waals surface area contributed by atoms with Crippen molar-refractivity contribution in [3.8, 4) is 0 Å². The summed E-state index contributed by atoms with van der Waals surface area (Å²) in [5.74, 6) is 0.230. The maximum absolute atomic E-state index is 12.0. The number of carbonyl (C=O) groups excluding carboxylic acids is 1. The summed E-state index contributed by atoms with van der Waals surface area (Å²) in [6.45, 7) is 0.0494. The fourth-order valence-electron chi connectivity index (χ4n) is 1.67. The number of rotatable bonds is 4. The predicted molar refractivity (Wildman–Crippen MR) is 68.5 cm³/mol. The standard InChI is InChI=1S/C13H11N3O3/c14-13-6-1-2-7-15(13)9-12(17)10-4-3-5-11(8-10)16(18)19/h1-8,14H,9H2/p+1. The van der Waals surface area contributed by atoms with Gasteiger partial charge in [-0.15, -0.1) is 0 Å². The van der Waals surface area contributed by atoms with Crippen LogP contribution in [-0.4, -0.2) is 10.7 Å². The van der Waals surface area contributed by atoms with E-state index in [1.165, 1.54) is 18.2 Å². The minimum atomic E-state index is -0.527. The molecule has 2 N–H and O–H groups in total. The van der Waals surface area contributed by atoms with Gasteiger partial charge in [-0.2, -0.15) is 0 Å². The first-order chi connectivity index (χ1) is 9.08. The van der Waals surface area contributed by atoms with Crippen molar-refractivity contribution in [3.63, 3.8) is 0 Å². The zero-order valence-corrected chi connectivity index (χ0v) is 10.0. The summed E-state index contributed by atoms with van der Waals surface area (Å²) < 4.78 is 1.58. The molecule has 0 aliphatic rings. The Bertz CT molecular complexity index is 641. The number of nitrogens with zero attached hydrogens (tertiary/aromatic N) is 2. The number of non-ortho nitro benzene ring substituents is 1. The molecule has 96 valence electrons.